The van der Waals surface area contributed by atoms with Gasteiger partial charge < -0.3 is 0 Å². The Balaban J connectivity index is 2.96. The summed E-state index contributed by atoms with van der Waals surface area (Å²) in [6.07, 6.45) is 8.00. The van der Waals surface area contributed by atoms with Gasteiger partial charge in [0.05, 0.1) is 5.33 Å². The van der Waals surface area contributed by atoms with Crippen molar-refractivity contribution in [1.29, 1.82) is 0 Å². The Bertz CT molecular complexity index is 321. The molecule has 14 heavy (non-hydrogen) atoms. The molecule has 0 radical (unpaired) electrons. The van der Waals surface area contributed by atoms with E-state index in [1.165, 1.54) is 11.1 Å². The fourth-order valence-electron chi connectivity index (χ4n) is 1.46. The first-order valence-electron chi connectivity index (χ1n) is 4.78. The zero-order chi connectivity index (χ0) is 10.6. The van der Waals surface area contributed by atoms with E-state index in [4.69, 9.17) is 0 Å². The zero-order valence-electron chi connectivity index (χ0n) is 8.64. The maximum Gasteiger partial charge on any atom is 0.173 e. The van der Waals surface area contributed by atoms with Crippen LogP contribution in [0.5, 0.6) is 0 Å². The van der Waals surface area contributed by atoms with Crippen molar-refractivity contribution in [3.8, 4) is 0 Å². The second-order valence-electron chi connectivity index (χ2n) is 3.62. The van der Waals surface area contributed by atoms with Gasteiger partial charge in [0.2, 0.25) is 0 Å². The predicted molar refractivity (Wildman–Crippen MR) is 63.6 cm³/mol. The molecule has 0 bridgehead atoms. The summed E-state index contributed by atoms with van der Waals surface area (Å²) >= 11 is 3.20. The summed E-state index contributed by atoms with van der Waals surface area (Å²) in [7, 11) is 0. The van der Waals surface area contributed by atoms with Gasteiger partial charge in [0.1, 0.15) is 0 Å². The van der Waals surface area contributed by atoms with Gasteiger partial charge in [-0.3, -0.25) is 4.79 Å². The highest BCUT2D eigenvalue weighted by Gasteiger charge is 2.09. The normalized spacial score (nSPS) is 28.6. The average molecular weight is 255 g/mol. The highest BCUT2D eigenvalue weighted by Crippen LogP contribution is 2.19. The van der Waals surface area contributed by atoms with E-state index >= 15 is 0 Å². The molecule has 0 fully saturated rings. The van der Waals surface area contributed by atoms with E-state index in [-0.39, 0.29) is 5.78 Å². The first-order valence-corrected chi connectivity index (χ1v) is 5.90. The van der Waals surface area contributed by atoms with E-state index in [1.807, 2.05) is 19.1 Å². The molecule has 0 spiro atoms. The highest BCUT2D eigenvalue weighted by molar-refractivity contribution is 9.09. The third kappa shape index (κ3) is 2.95. The summed E-state index contributed by atoms with van der Waals surface area (Å²) < 4.78 is 0. The molecule has 76 valence electrons. The molecule has 0 saturated heterocycles. The van der Waals surface area contributed by atoms with Crippen LogP contribution in [-0.4, -0.2) is 11.1 Å². The molecule has 0 atom stereocenters. The molecular weight excluding hydrogens is 240 g/mol. The molecule has 1 aliphatic carbocycles. The van der Waals surface area contributed by atoms with Crippen molar-refractivity contribution in [2.75, 3.05) is 5.33 Å². The molecule has 0 unspecified atom stereocenters. The van der Waals surface area contributed by atoms with Crippen LogP contribution < -0.4 is 0 Å². The Hall–Kier alpha value is -0.630. The van der Waals surface area contributed by atoms with Crippen LogP contribution in [-0.2, 0) is 4.79 Å². The van der Waals surface area contributed by atoms with Crippen molar-refractivity contribution >= 4 is 21.7 Å². The molecule has 0 aromatic heterocycles. The minimum Gasteiger partial charge on any atom is -0.293 e. The summed E-state index contributed by atoms with van der Waals surface area (Å²) in [5, 5.41) is 0.409. The molecule has 0 saturated carbocycles. The second kappa shape index (κ2) is 5.30. The Kier molecular flexibility index (Phi) is 4.33. The van der Waals surface area contributed by atoms with Crippen LogP contribution in [0.2, 0.25) is 0 Å². The van der Waals surface area contributed by atoms with Gasteiger partial charge in [-0.1, -0.05) is 45.3 Å². The Morgan fingerprint density at radius 2 is 2.14 bits per heavy atom. The largest absolute Gasteiger partial charge is 0.293 e. The van der Waals surface area contributed by atoms with Crippen LogP contribution in [0.3, 0.4) is 0 Å². The van der Waals surface area contributed by atoms with Gasteiger partial charge in [0.15, 0.2) is 5.78 Å². The van der Waals surface area contributed by atoms with Crippen LogP contribution in [0.25, 0.3) is 0 Å². The highest BCUT2D eigenvalue weighted by atomic mass is 79.9. The lowest BCUT2D eigenvalue weighted by molar-refractivity contribution is -0.112. The Labute approximate surface area is 93.7 Å². The van der Waals surface area contributed by atoms with Crippen LogP contribution in [0.15, 0.2) is 34.9 Å². The fourth-order valence-corrected chi connectivity index (χ4v) is 1.76. The SMILES string of the molecule is C/C1=C/C=C\C(C(=O)CBr)=C(/C)CC1. The molecule has 0 heterocycles. The van der Waals surface area contributed by atoms with Gasteiger partial charge in [0.25, 0.3) is 0 Å². The number of carbonyl (C=O) groups is 1. The van der Waals surface area contributed by atoms with Gasteiger partial charge in [-0.15, -0.1) is 0 Å². The number of hydrogen-bond donors (Lipinski definition) is 0. The smallest absolute Gasteiger partial charge is 0.173 e. The monoisotopic (exact) mass is 254 g/mol. The molecule has 1 nitrogen and oxygen atoms in total. The topological polar surface area (TPSA) is 17.1 Å². The third-order valence-corrected chi connectivity index (χ3v) is 2.93. The number of rotatable bonds is 2. The van der Waals surface area contributed by atoms with E-state index < -0.39 is 0 Å². The average Bonchev–Trinajstić information content (AvgIpc) is 2.17. The number of Topliss-reactive ketones (excluding diaryl/α,β-unsaturated/α-hetero) is 1. The summed E-state index contributed by atoms with van der Waals surface area (Å²) in [5.41, 5.74) is 3.43. The molecule has 1 rings (SSSR count). The molecule has 1 aliphatic rings. The lowest BCUT2D eigenvalue weighted by Crippen LogP contribution is -2.05. The first-order chi connectivity index (χ1) is 6.65. The summed E-state index contributed by atoms with van der Waals surface area (Å²) in [6.45, 7) is 4.16. The number of carbonyl (C=O) groups excluding carboxylic acids is 1. The maximum atomic E-state index is 11.5. The summed E-state index contributed by atoms with van der Waals surface area (Å²) in [6, 6.07) is 0. The zero-order valence-corrected chi connectivity index (χ0v) is 10.2. The Morgan fingerprint density at radius 3 is 2.79 bits per heavy atom. The minimum absolute atomic E-state index is 0.173. The van der Waals surface area contributed by atoms with Crippen molar-refractivity contribution in [3.63, 3.8) is 0 Å². The third-order valence-electron chi connectivity index (χ3n) is 2.42. The predicted octanol–water partition coefficient (Wildman–Crippen LogP) is 3.56. The van der Waals surface area contributed by atoms with Gasteiger partial charge in [0, 0.05) is 5.57 Å². The number of halogens is 1. The van der Waals surface area contributed by atoms with Gasteiger partial charge >= 0.3 is 0 Å². The maximum absolute atomic E-state index is 11.5. The molecular formula is C12H15BrO. The second-order valence-corrected chi connectivity index (χ2v) is 4.18. The quantitative estimate of drug-likeness (QED) is 0.689. The number of allylic oxidation sites excluding steroid dienone is 6. The van der Waals surface area contributed by atoms with Gasteiger partial charge in [-0.05, 0) is 26.7 Å². The van der Waals surface area contributed by atoms with Crippen LogP contribution in [0, 0.1) is 0 Å². The van der Waals surface area contributed by atoms with E-state index in [0.717, 1.165) is 18.4 Å². The van der Waals surface area contributed by atoms with E-state index in [1.54, 1.807) is 0 Å². The van der Waals surface area contributed by atoms with Crippen molar-refractivity contribution in [3.05, 3.63) is 34.9 Å². The van der Waals surface area contributed by atoms with Crippen molar-refractivity contribution in [2.24, 2.45) is 0 Å². The first kappa shape index (κ1) is 11.4. The molecule has 0 aromatic carbocycles. The van der Waals surface area contributed by atoms with Crippen LogP contribution in [0.1, 0.15) is 26.7 Å². The summed E-state index contributed by atoms with van der Waals surface area (Å²) in [4.78, 5) is 11.5. The van der Waals surface area contributed by atoms with Crippen molar-refractivity contribution < 1.29 is 4.79 Å². The number of hydrogen-bond acceptors (Lipinski definition) is 1. The number of ketones is 1. The molecule has 0 amide bonds. The summed E-state index contributed by atoms with van der Waals surface area (Å²) in [5.74, 6) is 0.173. The van der Waals surface area contributed by atoms with E-state index in [0.29, 0.717) is 5.33 Å². The lowest BCUT2D eigenvalue weighted by atomic mass is 9.97. The lowest BCUT2D eigenvalue weighted by Gasteiger charge is -2.09. The minimum atomic E-state index is 0.173. The Morgan fingerprint density at radius 1 is 1.43 bits per heavy atom. The fraction of sp³-hybridized carbons (Fsp3) is 0.417. The molecule has 0 aromatic rings. The molecule has 0 aliphatic heterocycles. The van der Waals surface area contributed by atoms with E-state index in [2.05, 4.69) is 28.9 Å². The van der Waals surface area contributed by atoms with Crippen molar-refractivity contribution in [1.82, 2.24) is 0 Å². The van der Waals surface area contributed by atoms with Gasteiger partial charge in [-0.25, -0.2) is 0 Å². The van der Waals surface area contributed by atoms with Crippen LogP contribution >= 0.6 is 15.9 Å². The van der Waals surface area contributed by atoms with Crippen molar-refractivity contribution in [2.45, 2.75) is 26.7 Å². The van der Waals surface area contributed by atoms with Gasteiger partial charge in [-0.2, -0.15) is 0 Å². The standard InChI is InChI=1S/C12H15BrO/c1-9-4-3-5-11(12(14)8-13)10(2)7-6-9/h3-5H,6-8H2,1-2H3/b5-3-,9-4-,11-10-. The van der Waals surface area contributed by atoms with E-state index in [9.17, 15) is 4.79 Å². The molecule has 0 N–H and O–H groups in total. The molecule has 2 heteroatoms. The number of alkyl halides is 1. The van der Waals surface area contributed by atoms with Crippen LogP contribution in [0.4, 0.5) is 0 Å².